The summed E-state index contributed by atoms with van der Waals surface area (Å²) in [5.74, 6) is -1.33. The van der Waals surface area contributed by atoms with Crippen LogP contribution in [0.5, 0.6) is 0 Å². The topological polar surface area (TPSA) is 61.4 Å². The van der Waals surface area contributed by atoms with Crippen LogP contribution >= 0.6 is 0 Å². The van der Waals surface area contributed by atoms with E-state index in [9.17, 15) is 13.6 Å². The second-order valence-electron chi connectivity index (χ2n) is 4.13. The Kier molecular flexibility index (Phi) is 6.21. The van der Waals surface area contributed by atoms with E-state index >= 15 is 0 Å². The lowest BCUT2D eigenvalue weighted by Crippen LogP contribution is -2.39. The Balaban J connectivity index is 2.78. The summed E-state index contributed by atoms with van der Waals surface area (Å²) in [5, 5.41) is 13.6. The Bertz CT molecular complexity index is 427. The monoisotopic (exact) mass is 272 g/mol. The number of benzene rings is 1. The molecule has 0 heterocycles. The molecule has 0 aliphatic carbocycles. The minimum atomic E-state index is -0.680. The van der Waals surface area contributed by atoms with E-state index in [2.05, 4.69) is 10.6 Å². The predicted molar refractivity (Wildman–Crippen MR) is 67.6 cm³/mol. The number of carbonyl (C=O) groups excluding carboxylic acids is 1. The van der Waals surface area contributed by atoms with E-state index in [0.717, 1.165) is 18.6 Å². The molecule has 0 fully saturated rings. The molecule has 0 aromatic heterocycles. The fraction of sp³-hybridized carbons (Fsp3) is 0.462. The van der Waals surface area contributed by atoms with Crippen LogP contribution in [-0.2, 0) is 0 Å². The number of hydrogen-bond donors (Lipinski definition) is 3. The number of hydrogen-bond acceptors (Lipinski definition) is 2. The van der Waals surface area contributed by atoms with E-state index in [0.29, 0.717) is 6.42 Å². The molecule has 0 aliphatic heterocycles. The Morgan fingerprint density at radius 1 is 1.42 bits per heavy atom. The summed E-state index contributed by atoms with van der Waals surface area (Å²) < 4.78 is 26.5. The molecule has 0 spiro atoms. The van der Waals surface area contributed by atoms with Crippen molar-refractivity contribution < 1.29 is 18.7 Å². The lowest BCUT2D eigenvalue weighted by atomic mass is 10.0. The lowest BCUT2D eigenvalue weighted by Gasteiger charge is -2.19. The van der Waals surface area contributed by atoms with Gasteiger partial charge in [0.05, 0.1) is 12.6 Å². The smallest absolute Gasteiger partial charge is 0.315 e. The average molecular weight is 272 g/mol. The maximum absolute atomic E-state index is 13.7. The Labute approximate surface area is 110 Å². The van der Waals surface area contributed by atoms with Crippen molar-refractivity contribution in [1.82, 2.24) is 10.6 Å². The number of amides is 2. The molecule has 0 radical (unpaired) electrons. The van der Waals surface area contributed by atoms with Crippen LogP contribution in [0.25, 0.3) is 0 Å². The maximum atomic E-state index is 13.7. The summed E-state index contributed by atoms with van der Waals surface area (Å²) in [4.78, 5) is 11.5. The molecule has 6 heteroatoms. The third-order valence-corrected chi connectivity index (χ3v) is 2.62. The second-order valence-corrected chi connectivity index (χ2v) is 4.13. The van der Waals surface area contributed by atoms with Crippen molar-refractivity contribution in [3.63, 3.8) is 0 Å². The summed E-state index contributed by atoms with van der Waals surface area (Å²) in [6, 6.07) is 2.28. The molecule has 1 atom stereocenters. The van der Waals surface area contributed by atoms with Gasteiger partial charge in [-0.1, -0.05) is 19.4 Å². The van der Waals surface area contributed by atoms with Crippen molar-refractivity contribution in [1.29, 1.82) is 0 Å². The molecule has 3 N–H and O–H groups in total. The molecule has 106 valence electrons. The SMILES string of the molecule is CCCC(NC(=O)NCCO)c1ccc(F)cc1F. The minimum absolute atomic E-state index is 0.122. The highest BCUT2D eigenvalue weighted by atomic mass is 19.1. The van der Waals surface area contributed by atoms with Gasteiger partial charge < -0.3 is 15.7 Å². The first kappa shape index (κ1) is 15.4. The van der Waals surface area contributed by atoms with Gasteiger partial charge in [0.2, 0.25) is 0 Å². The van der Waals surface area contributed by atoms with Crippen LogP contribution in [0.1, 0.15) is 31.4 Å². The number of aliphatic hydroxyl groups excluding tert-OH is 1. The van der Waals surface area contributed by atoms with Crippen LogP contribution in [0.2, 0.25) is 0 Å². The van der Waals surface area contributed by atoms with E-state index in [1.165, 1.54) is 6.07 Å². The first-order chi connectivity index (χ1) is 9.08. The summed E-state index contributed by atoms with van der Waals surface area (Å²) in [7, 11) is 0. The molecule has 0 bridgehead atoms. The van der Waals surface area contributed by atoms with Crippen molar-refractivity contribution in [2.45, 2.75) is 25.8 Å². The maximum Gasteiger partial charge on any atom is 0.315 e. The number of halogens is 2. The second kappa shape index (κ2) is 7.68. The molecular formula is C13H18F2N2O2. The van der Waals surface area contributed by atoms with Gasteiger partial charge in [-0.05, 0) is 12.5 Å². The quantitative estimate of drug-likeness (QED) is 0.742. The average Bonchev–Trinajstić information content (AvgIpc) is 2.36. The number of carbonyl (C=O) groups is 1. The Hall–Kier alpha value is -1.69. The van der Waals surface area contributed by atoms with Gasteiger partial charge in [0.25, 0.3) is 0 Å². The molecule has 2 amide bonds. The zero-order valence-electron chi connectivity index (χ0n) is 10.7. The molecule has 1 rings (SSSR count). The summed E-state index contributed by atoms with van der Waals surface area (Å²) >= 11 is 0. The standard InChI is InChI=1S/C13H18F2N2O2/c1-2-3-12(17-13(19)16-6-7-18)10-5-4-9(14)8-11(10)15/h4-5,8,12,18H,2-3,6-7H2,1H3,(H2,16,17,19). The van der Waals surface area contributed by atoms with Crippen LogP contribution in [0.3, 0.4) is 0 Å². The number of aliphatic hydroxyl groups is 1. The van der Waals surface area contributed by atoms with Crippen molar-refractivity contribution in [2.24, 2.45) is 0 Å². The number of urea groups is 1. The molecule has 19 heavy (non-hydrogen) atoms. The third-order valence-electron chi connectivity index (χ3n) is 2.62. The van der Waals surface area contributed by atoms with Gasteiger partial charge in [0.1, 0.15) is 11.6 Å². The van der Waals surface area contributed by atoms with Crippen LogP contribution in [0.15, 0.2) is 18.2 Å². The molecule has 1 aromatic carbocycles. The summed E-state index contributed by atoms with van der Waals surface area (Å²) in [6.07, 6.45) is 1.27. The number of nitrogens with one attached hydrogen (secondary N) is 2. The minimum Gasteiger partial charge on any atom is -0.395 e. The zero-order chi connectivity index (χ0) is 14.3. The first-order valence-corrected chi connectivity index (χ1v) is 6.18. The molecule has 0 saturated heterocycles. The van der Waals surface area contributed by atoms with E-state index in [1.807, 2.05) is 6.92 Å². The molecule has 1 unspecified atom stereocenters. The van der Waals surface area contributed by atoms with E-state index in [1.54, 1.807) is 0 Å². The highest BCUT2D eigenvalue weighted by Gasteiger charge is 2.17. The van der Waals surface area contributed by atoms with Gasteiger partial charge in [0, 0.05) is 18.2 Å². The largest absolute Gasteiger partial charge is 0.395 e. The molecular weight excluding hydrogens is 254 g/mol. The van der Waals surface area contributed by atoms with E-state index in [-0.39, 0.29) is 18.7 Å². The highest BCUT2D eigenvalue weighted by molar-refractivity contribution is 5.74. The van der Waals surface area contributed by atoms with Gasteiger partial charge in [-0.2, -0.15) is 0 Å². The van der Waals surface area contributed by atoms with Crippen LogP contribution in [0, 0.1) is 11.6 Å². The van der Waals surface area contributed by atoms with Gasteiger partial charge in [-0.25, -0.2) is 13.6 Å². The molecule has 0 saturated carbocycles. The molecule has 0 aliphatic rings. The highest BCUT2D eigenvalue weighted by Crippen LogP contribution is 2.22. The fourth-order valence-corrected chi connectivity index (χ4v) is 1.76. The zero-order valence-corrected chi connectivity index (χ0v) is 10.7. The van der Waals surface area contributed by atoms with Crippen LogP contribution in [-0.4, -0.2) is 24.3 Å². The van der Waals surface area contributed by atoms with Crippen molar-refractivity contribution in [3.05, 3.63) is 35.4 Å². The third kappa shape index (κ3) is 4.82. The summed E-state index contributed by atoms with van der Waals surface area (Å²) in [5.41, 5.74) is 0.252. The van der Waals surface area contributed by atoms with Gasteiger partial charge in [-0.15, -0.1) is 0 Å². The van der Waals surface area contributed by atoms with Gasteiger partial charge in [-0.3, -0.25) is 0 Å². The van der Waals surface area contributed by atoms with Crippen molar-refractivity contribution >= 4 is 6.03 Å². The fourth-order valence-electron chi connectivity index (χ4n) is 1.76. The van der Waals surface area contributed by atoms with Gasteiger partial charge in [0.15, 0.2) is 0 Å². The molecule has 4 nitrogen and oxygen atoms in total. The Morgan fingerprint density at radius 2 is 2.16 bits per heavy atom. The van der Waals surface area contributed by atoms with E-state index in [4.69, 9.17) is 5.11 Å². The van der Waals surface area contributed by atoms with Gasteiger partial charge >= 0.3 is 6.03 Å². The van der Waals surface area contributed by atoms with Crippen LogP contribution in [0.4, 0.5) is 13.6 Å². The van der Waals surface area contributed by atoms with Crippen molar-refractivity contribution in [2.75, 3.05) is 13.2 Å². The predicted octanol–water partition coefficient (Wildman–Crippen LogP) is 2.10. The first-order valence-electron chi connectivity index (χ1n) is 6.18. The van der Waals surface area contributed by atoms with Crippen molar-refractivity contribution in [3.8, 4) is 0 Å². The number of rotatable bonds is 6. The van der Waals surface area contributed by atoms with E-state index < -0.39 is 23.7 Å². The Morgan fingerprint density at radius 3 is 2.74 bits per heavy atom. The van der Waals surface area contributed by atoms with Crippen LogP contribution < -0.4 is 10.6 Å². The lowest BCUT2D eigenvalue weighted by molar-refractivity contribution is 0.229. The summed E-state index contributed by atoms with van der Waals surface area (Å²) in [6.45, 7) is 1.86. The molecule has 1 aromatic rings. The normalized spacial score (nSPS) is 12.0.